The van der Waals surface area contributed by atoms with Gasteiger partial charge in [0.1, 0.15) is 17.1 Å². The standard InChI is InChI=1S/C21H20FN3O3/c22-15-7-8-17-19(14-15)25(21(27)18-5-1-11-24(17)18)12-2-6-20(26)23-10-9-16-4-3-13-28-16/h1,3-5,7-8,11,13-14H,2,6,9-10,12H2,(H,23,26). The first-order chi connectivity index (χ1) is 13.6. The lowest BCUT2D eigenvalue weighted by Crippen LogP contribution is -2.27. The first kappa shape index (κ1) is 18.0. The predicted octanol–water partition coefficient (Wildman–Crippen LogP) is 3.13. The summed E-state index contributed by atoms with van der Waals surface area (Å²) in [7, 11) is 0. The lowest BCUT2D eigenvalue weighted by molar-refractivity contribution is -0.121. The van der Waals surface area contributed by atoms with Crippen LogP contribution in [0.3, 0.4) is 0 Å². The molecule has 0 fully saturated rings. The number of benzene rings is 1. The van der Waals surface area contributed by atoms with Gasteiger partial charge >= 0.3 is 0 Å². The SMILES string of the molecule is O=C(CCCn1c(=O)c2cccn2c2ccc(F)cc21)NCCc1ccco1. The highest BCUT2D eigenvalue weighted by Crippen LogP contribution is 2.17. The maximum absolute atomic E-state index is 13.8. The molecule has 1 aromatic carbocycles. The molecule has 4 rings (SSSR count). The molecule has 0 bridgehead atoms. The van der Waals surface area contributed by atoms with Crippen molar-refractivity contribution in [1.29, 1.82) is 0 Å². The Hall–Kier alpha value is -3.35. The molecular weight excluding hydrogens is 361 g/mol. The van der Waals surface area contributed by atoms with E-state index in [2.05, 4.69) is 5.32 Å². The van der Waals surface area contributed by atoms with Gasteiger partial charge < -0.3 is 18.7 Å². The van der Waals surface area contributed by atoms with Gasteiger partial charge in [-0.25, -0.2) is 4.39 Å². The molecule has 0 aliphatic heterocycles. The van der Waals surface area contributed by atoms with Crippen LogP contribution in [-0.2, 0) is 17.8 Å². The van der Waals surface area contributed by atoms with Gasteiger partial charge in [-0.1, -0.05) is 0 Å². The zero-order valence-electron chi connectivity index (χ0n) is 15.2. The van der Waals surface area contributed by atoms with Crippen LogP contribution >= 0.6 is 0 Å². The van der Waals surface area contributed by atoms with Gasteiger partial charge in [-0.2, -0.15) is 0 Å². The maximum Gasteiger partial charge on any atom is 0.275 e. The van der Waals surface area contributed by atoms with Crippen LogP contribution in [0.2, 0.25) is 0 Å². The van der Waals surface area contributed by atoms with Gasteiger partial charge in [0.25, 0.3) is 5.56 Å². The number of carbonyl (C=O) groups excluding carboxylic acids is 1. The molecule has 0 aliphatic rings. The minimum Gasteiger partial charge on any atom is -0.469 e. The van der Waals surface area contributed by atoms with Crippen molar-refractivity contribution in [3.8, 4) is 0 Å². The molecule has 0 radical (unpaired) electrons. The fourth-order valence-electron chi connectivity index (χ4n) is 3.42. The number of rotatable bonds is 7. The smallest absolute Gasteiger partial charge is 0.275 e. The predicted molar refractivity (Wildman–Crippen MR) is 104 cm³/mol. The molecule has 7 heteroatoms. The van der Waals surface area contributed by atoms with E-state index >= 15 is 0 Å². The Kier molecular flexibility index (Phi) is 4.97. The number of carbonyl (C=O) groups is 1. The van der Waals surface area contributed by atoms with Crippen molar-refractivity contribution >= 4 is 22.5 Å². The zero-order chi connectivity index (χ0) is 19.5. The summed E-state index contributed by atoms with van der Waals surface area (Å²) >= 11 is 0. The fraction of sp³-hybridized carbons (Fsp3) is 0.238. The average Bonchev–Trinajstić information content (AvgIpc) is 3.36. The third-order valence-electron chi connectivity index (χ3n) is 4.76. The molecule has 1 amide bonds. The van der Waals surface area contributed by atoms with E-state index in [0.717, 1.165) is 11.3 Å². The number of hydrogen-bond acceptors (Lipinski definition) is 3. The van der Waals surface area contributed by atoms with Gasteiger partial charge in [-0.3, -0.25) is 9.59 Å². The van der Waals surface area contributed by atoms with Crippen LogP contribution in [-0.4, -0.2) is 21.4 Å². The molecule has 6 nitrogen and oxygen atoms in total. The summed E-state index contributed by atoms with van der Waals surface area (Å²) in [6, 6.07) is 11.6. The molecule has 0 saturated carbocycles. The molecule has 3 heterocycles. The van der Waals surface area contributed by atoms with Crippen molar-refractivity contribution in [2.75, 3.05) is 6.54 Å². The second-order valence-electron chi connectivity index (χ2n) is 6.64. The van der Waals surface area contributed by atoms with Crippen molar-refractivity contribution in [3.05, 3.63) is 76.9 Å². The van der Waals surface area contributed by atoms with Crippen LogP contribution in [0.25, 0.3) is 16.6 Å². The molecule has 144 valence electrons. The highest BCUT2D eigenvalue weighted by atomic mass is 19.1. The summed E-state index contributed by atoms with van der Waals surface area (Å²) < 4.78 is 22.3. The van der Waals surface area contributed by atoms with Crippen molar-refractivity contribution in [2.24, 2.45) is 0 Å². The molecule has 1 N–H and O–H groups in total. The maximum atomic E-state index is 13.8. The molecule has 0 aliphatic carbocycles. The summed E-state index contributed by atoms with van der Waals surface area (Å²) in [4.78, 5) is 24.8. The normalized spacial score (nSPS) is 11.3. The van der Waals surface area contributed by atoms with E-state index in [4.69, 9.17) is 4.42 Å². The number of halogens is 1. The van der Waals surface area contributed by atoms with Crippen molar-refractivity contribution in [3.63, 3.8) is 0 Å². The largest absolute Gasteiger partial charge is 0.469 e. The Morgan fingerprint density at radius 2 is 2.00 bits per heavy atom. The van der Waals surface area contributed by atoms with Gasteiger partial charge in [0.2, 0.25) is 5.91 Å². The van der Waals surface area contributed by atoms with Crippen molar-refractivity contribution in [2.45, 2.75) is 25.8 Å². The van der Waals surface area contributed by atoms with Crippen LogP contribution in [0, 0.1) is 5.82 Å². The van der Waals surface area contributed by atoms with Gasteiger partial charge in [-0.15, -0.1) is 0 Å². The highest BCUT2D eigenvalue weighted by Gasteiger charge is 2.12. The van der Waals surface area contributed by atoms with Gasteiger partial charge in [0.05, 0.1) is 17.3 Å². The van der Waals surface area contributed by atoms with E-state index in [1.807, 2.05) is 12.1 Å². The number of fused-ring (bicyclic) bond motifs is 3. The first-order valence-electron chi connectivity index (χ1n) is 9.22. The van der Waals surface area contributed by atoms with Crippen LogP contribution in [0.15, 0.2) is 64.1 Å². The Morgan fingerprint density at radius 3 is 2.82 bits per heavy atom. The van der Waals surface area contributed by atoms with E-state index in [0.29, 0.717) is 37.0 Å². The highest BCUT2D eigenvalue weighted by molar-refractivity contribution is 5.79. The summed E-state index contributed by atoms with van der Waals surface area (Å²) in [5.74, 6) is 0.336. The molecule has 4 aromatic rings. The number of furan rings is 1. The fourth-order valence-corrected chi connectivity index (χ4v) is 3.42. The van der Waals surface area contributed by atoms with E-state index in [1.54, 1.807) is 39.6 Å². The second kappa shape index (κ2) is 7.72. The monoisotopic (exact) mass is 381 g/mol. The summed E-state index contributed by atoms with van der Waals surface area (Å²) in [6.07, 6.45) is 4.78. The van der Waals surface area contributed by atoms with Gasteiger partial charge in [0, 0.05) is 32.1 Å². The Balaban J connectivity index is 1.45. The van der Waals surface area contributed by atoms with E-state index in [9.17, 15) is 14.0 Å². The number of hydrogen-bond donors (Lipinski definition) is 1. The lowest BCUT2D eigenvalue weighted by atomic mass is 10.2. The van der Waals surface area contributed by atoms with Crippen molar-refractivity contribution < 1.29 is 13.6 Å². The van der Waals surface area contributed by atoms with Gasteiger partial charge in [0.15, 0.2) is 0 Å². The summed E-state index contributed by atoms with van der Waals surface area (Å²) in [6.45, 7) is 0.836. The topological polar surface area (TPSA) is 68.7 Å². The van der Waals surface area contributed by atoms with Crippen LogP contribution in [0.5, 0.6) is 0 Å². The van der Waals surface area contributed by atoms with Crippen LogP contribution in [0.4, 0.5) is 4.39 Å². The molecule has 0 spiro atoms. The molecule has 0 unspecified atom stereocenters. The van der Waals surface area contributed by atoms with Crippen molar-refractivity contribution in [1.82, 2.24) is 14.3 Å². The molecular formula is C21H20FN3O3. The molecule has 0 saturated heterocycles. The molecule has 28 heavy (non-hydrogen) atoms. The number of nitrogens with zero attached hydrogens (tertiary/aromatic N) is 2. The minimum atomic E-state index is -0.400. The average molecular weight is 381 g/mol. The van der Waals surface area contributed by atoms with E-state index in [-0.39, 0.29) is 17.9 Å². The number of aryl methyl sites for hydroxylation is 1. The van der Waals surface area contributed by atoms with E-state index in [1.165, 1.54) is 12.1 Å². The summed E-state index contributed by atoms with van der Waals surface area (Å²) in [5.41, 5.74) is 1.61. The van der Waals surface area contributed by atoms with Crippen LogP contribution < -0.4 is 10.9 Å². The van der Waals surface area contributed by atoms with E-state index < -0.39 is 5.82 Å². The Labute approximate surface area is 160 Å². The second-order valence-corrected chi connectivity index (χ2v) is 6.64. The summed E-state index contributed by atoms with van der Waals surface area (Å²) in [5, 5.41) is 2.84. The molecule has 3 aromatic heterocycles. The quantitative estimate of drug-likeness (QED) is 0.535. The van der Waals surface area contributed by atoms with Crippen LogP contribution in [0.1, 0.15) is 18.6 Å². The Bertz CT molecular complexity index is 1180. The van der Waals surface area contributed by atoms with Gasteiger partial charge in [-0.05, 0) is 48.9 Å². The first-order valence-corrected chi connectivity index (χ1v) is 9.22. The third-order valence-corrected chi connectivity index (χ3v) is 4.76. The zero-order valence-corrected chi connectivity index (χ0v) is 15.2. The number of nitrogens with one attached hydrogen (secondary N) is 1. The lowest BCUT2D eigenvalue weighted by Gasteiger charge is -2.13. The Morgan fingerprint density at radius 1 is 1.11 bits per heavy atom. The number of amides is 1. The molecule has 0 atom stereocenters. The third kappa shape index (κ3) is 3.55. The minimum absolute atomic E-state index is 0.0844. The number of aromatic nitrogens is 2.